The minimum Gasteiger partial charge on any atom is -0.496 e. The van der Waals surface area contributed by atoms with Crippen LogP contribution in [0.3, 0.4) is 0 Å². The molecule has 0 amide bonds. The molecule has 1 N–H and O–H groups in total. The lowest BCUT2D eigenvalue weighted by molar-refractivity contribution is 0.107. The molecule has 6 nitrogen and oxygen atoms in total. The van der Waals surface area contributed by atoms with Crippen LogP contribution in [0.4, 0.5) is 0 Å². The Morgan fingerprint density at radius 2 is 1.91 bits per heavy atom. The summed E-state index contributed by atoms with van der Waals surface area (Å²) in [5.74, 6) is -1.63. The van der Waals surface area contributed by atoms with E-state index in [0.717, 1.165) is 0 Å². The first-order chi connectivity index (χ1) is 10.9. The molecule has 1 atom stereocenters. The van der Waals surface area contributed by atoms with Crippen molar-refractivity contribution in [1.82, 2.24) is 0 Å². The van der Waals surface area contributed by atoms with Gasteiger partial charge in [0.05, 0.1) is 20.3 Å². The molecule has 0 aliphatic heterocycles. The highest BCUT2D eigenvalue weighted by Crippen LogP contribution is 2.61. The van der Waals surface area contributed by atoms with Gasteiger partial charge in [-0.1, -0.05) is 18.2 Å². The molecule has 8 heteroatoms. The quantitative estimate of drug-likeness (QED) is 0.389. The van der Waals surface area contributed by atoms with Crippen molar-refractivity contribution >= 4 is 24.4 Å². The first-order valence-electron chi connectivity index (χ1n) is 6.56. The average Bonchev–Trinajstić information content (AvgIpc) is 2.56. The second kappa shape index (κ2) is 9.01. The van der Waals surface area contributed by atoms with Crippen molar-refractivity contribution in [2.75, 3.05) is 20.3 Å². The fourth-order valence-electron chi connectivity index (χ4n) is 1.81. The first kappa shape index (κ1) is 19.6. The van der Waals surface area contributed by atoms with Crippen LogP contribution in [0.2, 0.25) is 0 Å². The molecule has 0 spiro atoms. The van der Waals surface area contributed by atoms with Crippen LogP contribution < -0.4 is 4.74 Å². The summed E-state index contributed by atoms with van der Waals surface area (Å²) in [6.07, 6.45) is 2.71. The maximum Gasteiger partial charge on any atom is 0.364 e. The lowest BCUT2D eigenvalue weighted by Gasteiger charge is -2.25. The average molecular weight is 361 g/mol. The maximum absolute atomic E-state index is 12.9. The van der Waals surface area contributed by atoms with Crippen molar-refractivity contribution in [2.24, 2.45) is 0 Å². The van der Waals surface area contributed by atoms with Gasteiger partial charge in [-0.3, -0.25) is 9.36 Å². The van der Waals surface area contributed by atoms with Crippen LogP contribution in [0.15, 0.2) is 43.5 Å². The first-order valence-corrected chi connectivity index (χ1v) is 8.55. The summed E-state index contributed by atoms with van der Waals surface area (Å²) in [7, 11) is -2.71. The standard InChI is InChI=1S/C15H18ClO6P/c1-4-9-21-23(19,22-10-5-2)15(18)13-11(14(16)17)7-6-8-12(13)20-3/h4-8,15,18H,1-2,9-10H2,3H3. The molecule has 0 saturated heterocycles. The normalized spacial score (nSPS) is 12.5. The van der Waals surface area contributed by atoms with E-state index in [-0.39, 0.29) is 30.1 Å². The summed E-state index contributed by atoms with van der Waals surface area (Å²) in [6.45, 7) is 6.66. The SMILES string of the molecule is C=CCOP(=O)(OCC=C)C(O)c1c(OC)cccc1C(=O)Cl. The molecule has 0 saturated carbocycles. The Hall–Kier alpha value is -1.43. The smallest absolute Gasteiger partial charge is 0.364 e. The number of halogens is 1. The molecule has 0 bridgehead atoms. The molecule has 1 rings (SSSR count). The number of carbonyl (C=O) groups is 1. The van der Waals surface area contributed by atoms with E-state index in [0.29, 0.717) is 0 Å². The molecule has 0 aliphatic rings. The molecule has 0 fully saturated rings. The summed E-state index contributed by atoms with van der Waals surface area (Å²) in [4.78, 5) is 11.6. The van der Waals surface area contributed by atoms with Crippen LogP contribution >= 0.6 is 19.2 Å². The van der Waals surface area contributed by atoms with E-state index in [4.69, 9.17) is 25.4 Å². The van der Waals surface area contributed by atoms with E-state index in [1.165, 1.54) is 37.5 Å². The molecule has 1 aromatic carbocycles. The fraction of sp³-hybridized carbons (Fsp3) is 0.267. The van der Waals surface area contributed by atoms with Gasteiger partial charge in [0, 0.05) is 11.1 Å². The highest BCUT2D eigenvalue weighted by atomic mass is 35.5. The fourth-order valence-corrected chi connectivity index (χ4v) is 3.54. The topological polar surface area (TPSA) is 82.1 Å². The number of methoxy groups -OCH3 is 1. The van der Waals surface area contributed by atoms with Crippen molar-refractivity contribution in [3.05, 3.63) is 54.6 Å². The predicted octanol–water partition coefficient (Wildman–Crippen LogP) is 3.66. The van der Waals surface area contributed by atoms with Crippen molar-refractivity contribution < 1.29 is 28.3 Å². The predicted molar refractivity (Wildman–Crippen MR) is 88.0 cm³/mol. The van der Waals surface area contributed by atoms with Crippen LogP contribution in [0.1, 0.15) is 21.8 Å². The van der Waals surface area contributed by atoms with Gasteiger partial charge in [0.15, 0.2) is 5.85 Å². The zero-order chi connectivity index (χ0) is 17.5. The highest BCUT2D eigenvalue weighted by molar-refractivity contribution is 7.54. The maximum atomic E-state index is 12.9. The Kier molecular flexibility index (Phi) is 7.68. The Morgan fingerprint density at radius 3 is 2.35 bits per heavy atom. The van der Waals surface area contributed by atoms with Gasteiger partial charge in [-0.05, 0) is 23.7 Å². The Balaban J connectivity index is 3.39. The molecule has 0 heterocycles. The largest absolute Gasteiger partial charge is 0.496 e. The lowest BCUT2D eigenvalue weighted by atomic mass is 10.1. The second-order valence-corrected chi connectivity index (χ2v) is 6.71. The zero-order valence-corrected chi connectivity index (χ0v) is 14.3. The molecule has 23 heavy (non-hydrogen) atoms. The molecule has 0 aromatic heterocycles. The van der Waals surface area contributed by atoms with Crippen molar-refractivity contribution in [3.8, 4) is 5.75 Å². The molecule has 126 valence electrons. The Labute approximate surface area is 139 Å². The van der Waals surface area contributed by atoms with Gasteiger partial charge >= 0.3 is 7.60 Å². The van der Waals surface area contributed by atoms with Crippen LogP contribution in [0.5, 0.6) is 5.75 Å². The van der Waals surface area contributed by atoms with Gasteiger partial charge in [-0.25, -0.2) is 0 Å². The summed E-state index contributed by atoms with van der Waals surface area (Å²) in [6, 6.07) is 4.39. The highest BCUT2D eigenvalue weighted by Gasteiger charge is 2.39. The van der Waals surface area contributed by atoms with Crippen LogP contribution in [0.25, 0.3) is 0 Å². The number of hydrogen-bond donors (Lipinski definition) is 1. The lowest BCUT2D eigenvalue weighted by Crippen LogP contribution is -2.11. The summed E-state index contributed by atoms with van der Waals surface area (Å²) < 4.78 is 28.3. The number of ether oxygens (including phenoxy) is 1. The number of hydrogen-bond acceptors (Lipinski definition) is 6. The monoisotopic (exact) mass is 360 g/mol. The number of aliphatic hydroxyl groups excluding tert-OH is 1. The number of carbonyl (C=O) groups excluding carboxylic acids is 1. The van der Waals surface area contributed by atoms with Crippen molar-refractivity contribution in [1.29, 1.82) is 0 Å². The van der Waals surface area contributed by atoms with E-state index in [1.807, 2.05) is 0 Å². The number of aliphatic hydroxyl groups is 1. The van der Waals surface area contributed by atoms with E-state index >= 15 is 0 Å². The molecule has 0 radical (unpaired) electrons. The molecular weight excluding hydrogens is 343 g/mol. The van der Waals surface area contributed by atoms with Crippen molar-refractivity contribution in [2.45, 2.75) is 5.85 Å². The minimum atomic E-state index is -4.05. The van der Waals surface area contributed by atoms with Gasteiger partial charge in [0.1, 0.15) is 5.75 Å². The van der Waals surface area contributed by atoms with Crippen LogP contribution in [-0.2, 0) is 13.6 Å². The third kappa shape index (κ3) is 4.77. The Morgan fingerprint density at radius 1 is 1.35 bits per heavy atom. The van der Waals surface area contributed by atoms with Crippen LogP contribution in [0, 0.1) is 0 Å². The minimum absolute atomic E-state index is 0.0526. The van der Waals surface area contributed by atoms with Crippen molar-refractivity contribution in [3.63, 3.8) is 0 Å². The Bertz CT molecular complexity index is 614. The molecule has 1 aromatic rings. The van der Waals surface area contributed by atoms with Gasteiger partial charge in [0.2, 0.25) is 0 Å². The number of benzene rings is 1. The molecular formula is C15H18ClO6P. The van der Waals surface area contributed by atoms with E-state index in [1.54, 1.807) is 0 Å². The van der Waals surface area contributed by atoms with E-state index in [2.05, 4.69) is 13.2 Å². The second-order valence-electron chi connectivity index (χ2n) is 4.28. The van der Waals surface area contributed by atoms with E-state index in [9.17, 15) is 14.5 Å². The van der Waals surface area contributed by atoms with Gasteiger partial charge in [-0.15, -0.1) is 13.2 Å². The summed E-state index contributed by atoms with van der Waals surface area (Å²) in [5.41, 5.74) is -0.116. The van der Waals surface area contributed by atoms with Gasteiger partial charge in [0.25, 0.3) is 5.24 Å². The van der Waals surface area contributed by atoms with E-state index < -0.39 is 18.7 Å². The summed E-state index contributed by atoms with van der Waals surface area (Å²) >= 11 is 5.53. The number of rotatable bonds is 10. The van der Waals surface area contributed by atoms with Crippen LogP contribution in [-0.4, -0.2) is 30.7 Å². The molecule has 0 aliphatic carbocycles. The summed E-state index contributed by atoms with van der Waals surface area (Å²) in [5, 5.41) is 9.73. The van der Waals surface area contributed by atoms with Gasteiger partial charge in [-0.2, -0.15) is 0 Å². The third-order valence-electron chi connectivity index (χ3n) is 2.80. The van der Waals surface area contributed by atoms with Gasteiger partial charge < -0.3 is 18.9 Å². The third-order valence-corrected chi connectivity index (χ3v) is 4.88. The zero-order valence-electron chi connectivity index (χ0n) is 12.6. The molecule has 1 unspecified atom stereocenters.